The third-order valence-electron chi connectivity index (χ3n) is 2.72. The lowest BCUT2D eigenvalue weighted by molar-refractivity contribution is 0.342. The molecule has 2 N–H and O–H groups in total. The monoisotopic (exact) mass is 286 g/mol. The molecular weight excluding hydrogens is 264 g/mol. The average Bonchev–Trinajstić information content (AvgIpc) is 2.40. The molecule has 0 aliphatic heterocycles. The fraction of sp³-hybridized carbons (Fsp3) is 0.375. The predicted molar refractivity (Wildman–Crippen MR) is 86.4 cm³/mol. The van der Waals surface area contributed by atoms with Crippen molar-refractivity contribution in [2.45, 2.75) is 33.7 Å². The maximum Gasteiger partial charge on any atom is 0.225 e. The molecule has 0 fully saturated rings. The van der Waals surface area contributed by atoms with Gasteiger partial charge in [-0.1, -0.05) is 12.1 Å². The van der Waals surface area contributed by atoms with E-state index >= 15 is 0 Å². The molecule has 0 atom stereocenters. The summed E-state index contributed by atoms with van der Waals surface area (Å²) in [5.41, 5.74) is 1.80. The van der Waals surface area contributed by atoms with E-state index < -0.39 is 0 Å². The van der Waals surface area contributed by atoms with Crippen molar-refractivity contribution in [2.24, 2.45) is 0 Å². The van der Waals surface area contributed by atoms with Crippen LogP contribution >= 0.6 is 0 Å². The lowest BCUT2D eigenvalue weighted by Crippen LogP contribution is -2.13. The Morgan fingerprint density at radius 3 is 2.67 bits per heavy atom. The molecule has 0 spiro atoms. The fourth-order valence-electron chi connectivity index (χ4n) is 1.94. The van der Waals surface area contributed by atoms with Crippen molar-refractivity contribution in [2.75, 3.05) is 17.2 Å². The number of nitrogens with one attached hydrogen (secondary N) is 2. The molecule has 0 saturated carbocycles. The van der Waals surface area contributed by atoms with Gasteiger partial charge in [0.1, 0.15) is 11.6 Å². The summed E-state index contributed by atoms with van der Waals surface area (Å²) in [6, 6.07) is 10.0. The SMILES string of the molecule is CCOc1ccccc1Nc1cc(C)nc(NC(C)C)n1. The lowest BCUT2D eigenvalue weighted by atomic mass is 10.3. The van der Waals surface area contributed by atoms with E-state index in [1.807, 2.05) is 44.2 Å². The molecule has 0 aliphatic rings. The molecular formula is C16H22N4O. The van der Waals surface area contributed by atoms with E-state index in [1.54, 1.807) is 0 Å². The molecule has 0 amide bonds. The Balaban J connectivity index is 2.25. The van der Waals surface area contributed by atoms with Crippen molar-refractivity contribution in [1.29, 1.82) is 0 Å². The summed E-state index contributed by atoms with van der Waals surface area (Å²) in [7, 11) is 0. The quantitative estimate of drug-likeness (QED) is 0.847. The van der Waals surface area contributed by atoms with Crippen LogP contribution in [-0.4, -0.2) is 22.6 Å². The lowest BCUT2D eigenvalue weighted by Gasteiger charge is -2.14. The van der Waals surface area contributed by atoms with Crippen molar-refractivity contribution < 1.29 is 4.74 Å². The number of para-hydroxylation sites is 2. The van der Waals surface area contributed by atoms with Gasteiger partial charge in [-0.2, -0.15) is 4.98 Å². The van der Waals surface area contributed by atoms with Crippen LogP contribution in [0.25, 0.3) is 0 Å². The highest BCUT2D eigenvalue weighted by molar-refractivity contribution is 5.64. The zero-order valence-electron chi connectivity index (χ0n) is 13.0. The molecule has 2 aromatic rings. The van der Waals surface area contributed by atoms with Gasteiger partial charge in [0.25, 0.3) is 0 Å². The maximum absolute atomic E-state index is 5.61. The summed E-state index contributed by atoms with van der Waals surface area (Å²) in [5, 5.41) is 6.51. The highest BCUT2D eigenvalue weighted by atomic mass is 16.5. The second-order valence-electron chi connectivity index (χ2n) is 5.07. The Hall–Kier alpha value is -2.30. The number of ether oxygens (including phenoxy) is 1. The minimum Gasteiger partial charge on any atom is -0.492 e. The molecule has 1 aromatic heterocycles. The second kappa shape index (κ2) is 6.92. The Bertz CT molecular complexity index is 599. The van der Waals surface area contributed by atoms with E-state index in [0.717, 1.165) is 22.9 Å². The third kappa shape index (κ3) is 4.34. The molecule has 5 heteroatoms. The Labute approximate surface area is 125 Å². The van der Waals surface area contributed by atoms with Gasteiger partial charge in [0.05, 0.1) is 12.3 Å². The third-order valence-corrected chi connectivity index (χ3v) is 2.72. The molecule has 1 heterocycles. The molecule has 0 aliphatic carbocycles. The molecule has 0 unspecified atom stereocenters. The minimum absolute atomic E-state index is 0.287. The van der Waals surface area contributed by atoms with Crippen LogP contribution in [0.3, 0.4) is 0 Å². The van der Waals surface area contributed by atoms with Crippen LogP contribution in [0.1, 0.15) is 26.5 Å². The summed E-state index contributed by atoms with van der Waals surface area (Å²) in [5.74, 6) is 2.19. The van der Waals surface area contributed by atoms with Gasteiger partial charge in [0, 0.05) is 17.8 Å². The van der Waals surface area contributed by atoms with Crippen molar-refractivity contribution in [1.82, 2.24) is 9.97 Å². The average molecular weight is 286 g/mol. The standard InChI is InChI=1S/C16H22N4O/c1-5-21-14-9-7-6-8-13(14)19-15-10-12(4)18-16(20-15)17-11(2)3/h6-11H,5H2,1-4H3,(H2,17,18,19,20). The molecule has 21 heavy (non-hydrogen) atoms. The van der Waals surface area contributed by atoms with Gasteiger partial charge in [0.15, 0.2) is 0 Å². The highest BCUT2D eigenvalue weighted by Gasteiger charge is 2.07. The maximum atomic E-state index is 5.61. The summed E-state index contributed by atoms with van der Waals surface area (Å²) in [6.45, 7) is 8.66. The number of rotatable bonds is 6. The zero-order chi connectivity index (χ0) is 15.2. The number of hydrogen-bond acceptors (Lipinski definition) is 5. The van der Waals surface area contributed by atoms with Gasteiger partial charge in [-0.15, -0.1) is 0 Å². The van der Waals surface area contributed by atoms with E-state index in [4.69, 9.17) is 4.74 Å². The molecule has 2 rings (SSSR count). The molecule has 0 bridgehead atoms. The molecule has 1 aromatic carbocycles. The smallest absolute Gasteiger partial charge is 0.225 e. The number of nitrogens with zero attached hydrogens (tertiary/aromatic N) is 2. The minimum atomic E-state index is 0.287. The Morgan fingerprint density at radius 2 is 1.95 bits per heavy atom. The van der Waals surface area contributed by atoms with Crippen molar-refractivity contribution in [3.63, 3.8) is 0 Å². The van der Waals surface area contributed by atoms with E-state index in [0.29, 0.717) is 12.6 Å². The number of hydrogen-bond donors (Lipinski definition) is 2. The van der Waals surface area contributed by atoms with Crippen molar-refractivity contribution in [3.05, 3.63) is 36.0 Å². The van der Waals surface area contributed by atoms with Crippen molar-refractivity contribution in [3.8, 4) is 5.75 Å². The highest BCUT2D eigenvalue weighted by Crippen LogP contribution is 2.27. The number of benzene rings is 1. The second-order valence-corrected chi connectivity index (χ2v) is 5.07. The Morgan fingerprint density at radius 1 is 1.19 bits per heavy atom. The van der Waals surface area contributed by atoms with Crippen LogP contribution in [0.2, 0.25) is 0 Å². The van der Waals surface area contributed by atoms with E-state index in [2.05, 4.69) is 34.4 Å². The van der Waals surface area contributed by atoms with Crippen LogP contribution in [0, 0.1) is 6.92 Å². The summed E-state index contributed by atoms with van der Waals surface area (Å²) in [4.78, 5) is 8.86. The molecule has 0 saturated heterocycles. The first kappa shape index (κ1) is 15.1. The first-order valence-electron chi connectivity index (χ1n) is 7.19. The van der Waals surface area contributed by atoms with Crippen LogP contribution in [0.15, 0.2) is 30.3 Å². The first-order chi connectivity index (χ1) is 10.1. The van der Waals surface area contributed by atoms with Gasteiger partial charge in [-0.3, -0.25) is 0 Å². The summed E-state index contributed by atoms with van der Waals surface area (Å²) in [6.07, 6.45) is 0. The largest absolute Gasteiger partial charge is 0.492 e. The van der Waals surface area contributed by atoms with Gasteiger partial charge in [-0.05, 0) is 39.8 Å². The van der Waals surface area contributed by atoms with Crippen LogP contribution in [0.4, 0.5) is 17.5 Å². The summed E-state index contributed by atoms with van der Waals surface area (Å²) >= 11 is 0. The van der Waals surface area contributed by atoms with Crippen LogP contribution in [0.5, 0.6) is 5.75 Å². The van der Waals surface area contributed by atoms with Gasteiger partial charge >= 0.3 is 0 Å². The zero-order valence-corrected chi connectivity index (χ0v) is 13.0. The predicted octanol–water partition coefficient (Wildman–Crippen LogP) is 3.75. The van der Waals surface area contributed by atoms with E-state index in [-0.39, 0.29) is 6.04 Å². The topological polar surface area (TPSA) is 59.1 Å². The molecule has 5 nitrogen and oxygen atoms in total. The van der Waals surface area contributed by atoms with E-state index in [1.165, 1.54) is 0 Å². The van der Waals surface area contributed by atoms with Crippen LogP contribution in [-0.2, 0) is 0 Å². The van der Waals surface area contributed by atoms with Gasteiger partial charge in [-0.25, -0.2) is 4.98 Å². The van der Waals surface area contributed by atoms with Crippen molar-refractivity contribution >= 4 is 17.5 Å². The first-order valence-corrected chi connectivity index (χ1v) is 7.19. The normalized spacial score (nSPS) is 10.5. The number of aryl methyl sites for hydroxylation is 1. The van der Waals surface area contributed by atoms with Crippen LogP contribution < -0.4 is 15.4 Å². The summed E-state index contributed by atoms with van der Waals surface area (Å²) < 4.78 is 5.61. The Kier molecular flexibility index (Phi) is 4.98. The molecule has 0 radical (unpaired) electrons. The fourth-order valence-corrected chi connectivity index (χ4v) is 1.94. The number of aromatic nitrogens is 2. The molecule has 112 valence electrons. The van der Waals surface area contributed by atoms with Gasteiger partial charge in [0.2, 0.25) is 5.95 Å². The number of anilines is 3. The van der Waals surface area contributed by atoms with Gasteiger partial charge < -0.3 is 15.4 Å². The van der Waals surface area contributed by atoms with E-state index in [9.17, 15) is 0 Å².